The van der Waals surface area contributed by atoms with Gasteiger partial charge >= 0.3 is 0 Å². The van der Waals surface area contributed by atoms with Crippen LogP contribution in [-0.4, -0.2) is 20.5 Å². The van der Waals surface area contributed by atoms with Crippen molar-refractivity contribution in [2.45, 2.75) is 25.7 Å². The molecule has 26 heavy (non-hydrogen) atoms. The van der Waals surface area contributed by atoms with Crippen LogP contribution in [0.5, 0.6) is 5.75 Å². The second-order valence-electron chi connectivity index (χ2n) is 6.12. The second-order valence-corrected chi connectivity index (χ2v) is 8.63. The molecule has 0 saturated heterocycles. The largest absolute Gasteiger partial charge is 0.495 e. The third-order valence-electron chi connectivity index (χ3n) is 4.00. The van der Waals surface area contributed by atoms with Gasteiger partial charge in [0, 0.05) is 10.9 Å². The first-order chi connectivity index (χ1) is 12.3. The topological polar surface area (TPSA) is 68.3 Å². The zero-order chi connectivity index (χ0) is 18.9. The average molecular weight is 389 g/mol. The van der Waals surface area contributed by atoms with Gasteiger partial charge in [-0.1, -0.05) is 23.8 Å². The van der Waals surface area contributed by atoms with Crippen molar-refractivity contribution in [1.82, 2.24) is 4.98 Å². The van der Waals surface area contributed by atoms with E-state index in [0.717, 1.165) is 27.9 Å². The van der Waals surface area contributed by atoms with Gasteiger partial charge < -0.3 is 4.74 Å². The van der Waals surface area contributed by atoms with Gasteiger partial charge in [-0.05, 0) is 50.1 Å². The number of nitrogens with zero attached hydrogens (tertiary/aromatic N) is 1. The van der Waals surface area contributed by atoms with E-state index in [2.05, 4.69) is 9.71 Å². The van der Waals surface area contributed by atoms with E-state index in [1.165, 1.54) is 18.4 Å². The van der Waals surface area contributed by atoms with Crippen LogP contribution in [0.25, 0.3) is 11.3 Å². The van der Waals surface area contributed by atoms with Gasteiger partial charge in [-0.3, -0.25) is 4.72 Å². The maximum Gasteiger partial charge on any atom is 0.267 e. The van der Waals surface area contributed by atoms with Crippen molar-refractivity contribution in [3.05, 3.63) is 58.5 Å². The quantitative estimate of drug-likeness (QED) is 0.696. The lowest BCUT2D eigenvalue weighted by atomic mass is 10.0. The Labute approximate surface area is 157 Å². The number of hydrogen-bond acceptors (Lipinski definition) is 5. The molecule has 0 saturated carbocycles. The standard InChI is InChI=1S/C19H20N2O3S2/c1-12-5-7-14(3)15(9-12)16-11-25-19(20-16)21-26(22,23)18-10-13(2)6-8-17(18)24-4/h5-11H,1-4H3,(H,20,21). The molecule has 0 spiro atoms. The number of sulfonamides is 1. The Morgan fingerprint density at radius 1 is 1.04 bits per heavy atom. The summed E-state index contributed by atoms with van der Waals surface area (Å²) >= 11 is 1.26. The van der Waals surface area contributed by atoms with Crippen LogP contribution in [0.1, 0.15) is 16.7 Å². The van der Waals surface area contributed by atoms with Crippen LogP contribution < -0.4 is 9.46 Å². The summed E-state index contributed by atoms with van der Waals surface area (Å²) in [5.41, 5.74) is 4.81. The maximum absolute atomic E-state index is 12.8. The fourth-order valence-electron chi connectivity index (χ4n) is 2.62. The molecule has 0 radical (unpaired) electrons. The number of rotatable bonds is 5. The van der Waals surface area contributed by atoms with Crippen molar-refractivity contribution in [2.75, 3.05) is 11.8 Å². The molecule has 0 aliphatic rings. The Kier molecular flexibility index (Phi) is 5.02. The Morgan fingerprint density at radius 3 is 2.46 bits per heavy atom. The number of anilines is 1. The molecule has 136 valence electrons. The monoisotopic (exact) mass is 388 g/mol. The zero-order valence-corrected chi connectivity index (χ0v) is 16.7. The number of aryl methyl sites for hydroxylation is 3. The molecule has 0 aliphatic heterocycles. The van der Waals surface area contributed by atoms with E-state index in [4.69, 9.17) is 4.74 Å². The number of ether oxygens (including phenoxy) is 1. The first-order valence-electron chi connectivity index (χ1n) is 8.01. The van der Waals surface area contributed by atoms with Crippen LogP contribution in [0.3, 0.4) is 0 Å². The lowest BCUT2D eigenvalue weighted by molar-refractivity contribution is 0.402. The first-order valence-corrected chi connectivity index (χ1v) is 10.4. The van der Waals surface area contributed by atoms with Crippen molar-refractivity contribution in [2.24, 2.45) is 0 Å². The summed E-state index contributed by atoms with van der Waals surface area (Å²) in [6, 6.07) is 11.2. The van der Waals surface area contributed by atoms with Crippen LogP contribution in [0, 0.1) is 20.8 Å². The van der Waals surface area contributed by atoms with Crippen molar-refractivity contribution in [3.63, 3.8) is 0 Å². The summed E-state index contributed by atoms with van der Waals surface area (Å²) in [7, 11) is -2.34. The summed E-state index contributed by atoms with van der Waals surface area (Å²) in [5.74, 6) is 0.300. The molecule has 1 aromatic heterocycles. The minimum atomic E-state index is -3.79. The lowest BCUT2D eigenvalue weighted by Crippen LogP contribution is -2.14. The number of hydrogen-bond donors (Lipinski definition) is 1. The molecule has 0 amide bonds. The van der Waals surface area contributed by atoms with Gasteiger partial charge in [-0.25, -0.2) is 13.4 Å². The van der Waals surface area contributed by atoms with Crippen molar-refractivity contribution in [1.29, 1.82) is 0 Å². The Hall–Kier alpha value is -2.38. The maximum atomic E-state index is 12.8. The molecule has 0 fully saturated rings. The molecule has 0 bridgehead atoms. The predicted molar refractivity (Wildman–Crippen MR) is 106 cm³/mol. The highest BCUT2D eigenvalue weighted by atomic mass is 32.2. The number of methoxy groups -OCH3 is 1. The van der Waals surface area contributed by atoms with Crippen LogP contribution >= 0.6 is 11.3 Å². The molecule has 0 atom stereocenters. The Bertz CT molecular complexity index is 1060. The van der Waals surface area contributed by atoms with Gasteiger partial charge in [0.15, 0.2) is 5.13 Å². The van der Waals surface area contributed by atoms with E-state index in [1.54, 1.807) is 18.2 Å². The highest BCUT2D eigenvalue weighted by Crippen LogP contribution is 2.31. The van der Waals surface area contributed by atoms with E-state index in [0.29, 0.717) is 10.9 Å². The van der Waals surface area contributed by atoms with Crippen LogP contribution in [0.2, 0.25) is 0 Å². The van der Waals surface area contributed by atoms with Crippen molar-refractivity contribution >= 4 is 26.5 Å². The molecule has 7 heteroatoms. The molecule has 1 heterocycles. The normalized spacial score (nSPS) is 11.4. The van der Waals surface area contributed by atoms with Crippen LogP contribution in [-0.2, 0) is 10.0 Å². The average Bonchev–Trinajstić information content (AvgIpc) is 3.04. The predicted octanol–water partition coefficient (Wildman–Crippen LogP) is 4.54. The molecular weight excluding hydrogens is 368 g/mol. The second kappa shape index (κ2) is 7.09. The number of aromatic nitrogens is 1. The molecule has 0 aliphatic carbocycles. The summed E-state index contributed by atoms with van der Waals surface area (Å²) in [6.45, 7) is 5.86. The number of benzene rings is 2. The highest BCUT2D eigenvalue weighted by Gasteiger charge is 2.21. The zero-order valence-electron chi connectivity index (χ0n) is 15.0. The van der Waals surface area contributed by atoms with E-state index < -0.39 is 10.0 Å². The SMILES string of the molecule is COc1ccc(C)cc1S(=O)(=O)Nc1nc(-c2cc(C)ccc2C)cs1. The Morgan fingerprint density at radius 2 is 1.73 bits per heavy atom. The molecule has 2 aromatic carbocycles. The van der Waals surface area contributed by atoms with E-state index in [9.17, 15) is 8.42 Å². The lowest BCUT2D eigenvalue weighted by Gasteiger charge is -2.10. The fourth-order valence-corrected chi connectivity index (χ4v) is 4.84. The summed E-state index contributed by atoms with van der Waals surface area (Å²) in [5, 5.41) is 2.18. The van der Waals surface area contributed by atoms with E-state index in [1.807, 2.05) is 44.4 Å². The first kappa shape index (κ1) is 18.4. The number of nitrogens with one attached hydrogen (secondary N) is 1. The minimum Gasteiger partial charge on any atom is -0.495 e. The van der Waals surface area contributed by atoms with Crippen LogP contribution in [0.4, 0.5) is 5.13 Å². The van der Waals surface area contributed by atoms with Gasteiger partial charge in [-0.15, -0.1) is 11.3 Å². The Balaban J connectivity index is 1.94. The summed E-state index contributed by atoms with van der Waals surface area (Å²) in [4.78, 5) is 4.56. The third kappa shape index (κ3) is 3.73. The molecule has 3 rings (SSSR count). The molecule has 0 unspecified atom stereocenters. The van der Waals surface area contributed by atoms with Crippen molar-refractivity contribution in [3.8, 4) is 17.0 Å². The summed E-state index contributed by atoms with van der Waals surface area (Å²) < 4.78 is 33.3. The smallest absolute Gasteiger partial charge is 0.267 e. The third-order valence-corrected chi connectivity index (χ3v) is 6.25. The highest BCUT2D eigenvalue weighted by molar-refractivity contribution is 7.93. The molecule has 1 N–H and O–H groups in total. The van der Waals surface area contributed by atoms with E-state index in [-0.39, 0.29) is 4.90 Å². The minimum absolute atomic E-state index is 0.100. The van der Waals surface area contributed by atoms with Crippen molar-refractivity contribution < 1.29 is 13.2 Å². The number of thiazole rings is 1. The fraction of sp³-hybridized carbons (Fsp3) is 0.211. The summed E-state index contributed by atoms with van der Waals surface area (Å²) in [6.07, 6.45) is 0. The van der Waals surface area contributed by atoms with Gasteiger partial charge in [0.05, 0.1) is 12.8 Å². The van der Waals surface area contributed by atoms with Gasteiger partial charge in [-0.2, -0.15) is 0 Å². The van der Waals surface area contributed by atoms with Gasteiger partial charge in [0.2, 0.25) is 0 Å². The molecule has 5 nitrogen and oxygen atoms in total. The van der Waals surface area contributed by atoms with Gasteiger partial charge in [0.25, 0.3) is 10.0 Å². The molecule has 3 aromatic rings. The van der Waals surface area contributed by atoms with E-state index >= 15 is 0 Å². The van der Waals surface area contributed by atoms with Crippen LogP contribution in [0.15, 0.2) is 46.7 Å². The van der Waals surface area contributed by atoms with Gasteiger partial charge in [0.1, 0.15) is 10.6 Å². The molecular formula is C19H20N2O3S2.